The summed E-state index contributed by atoms with van der Waals surface area (Å²) in [6.07, 6.45) is 4.48. The summed E-state index contributed by atoms with van der Waals surface area (Å²) in [7, 11) is 0. The van der Waals surface area contributed by atoms with Gasteiger partial charge >= 0.3 is 0 Å². The van der Waals surface area contributed by atoms with Crippen LogP contribution in [0.4, 0.5) is 0 Å². The van der Waals surface area contributed by atoms with Gasteiger partial charge in [0.05, 0.1) is 6.21 Å². The van der Waals surface area contributed by atoms with Gasteiger partial charge < -0.3 is 4.84 Å². The van der Waals surface area contributed by atoms with Crippen LogP contribution in [0.15, 0.2) is 23.4 Å². The highest BCUT2D eigenvalue weighted by molar-refractivity contribution is 5.64. The smallest absolute Gasteiger partial charge is 0.160 e. The number of rotatable bonds is 0. The summed E-state index contributed by atoms with van der Waals surface area (Å²) in [6.45, 7) is 2.16. The standard InChI is InChI=1S/C12H13NO.CH4/c1-8-3-2-4-9-5-6-10-7-13-14-12(10)11(8)9;/h2-4,7,10,12H,5-6H2,1H3;1H4. The molecule has 1 aliphatic carbocycles. The zero-order chi connectivity index (χ0) is 9.54. The van der Waals surface area contributed by atoms with Crippen molar-refractivity contribution < 1.29 is 4.84 Å². The largest absolute Gasteiger partial charge is 0.387 e. The van der Waals surface area contributed by atoms with Gasteiger partial charge in [0.25, 0.3) is 0 Å². The average Bonchev–Trinajstić information content (AvgIpc) is 2.65. The van der Waals surface area contributed by atoms with E-state index < -0.39 is 0 Å². The zero-order valence-electron chi connectivity index (χ0n) is 8.23. The highest BCUT2D eigenvalue weighted by Gasteiger charge is 2.34. The first-order valence-electron chi connectivity index (χ1n) is 5.14. The quantitative estimate of drug-likeness (QED) is 0.634. The van der Waals surface area contributed by atoms with Crippen LogP contribution >= 0.6 is 0 Å². The third kappa shape index (κ3) is 1.44. The molecule has 0 saturated carbocycles. The lowest BCUT2D eigenvalue weighted by molar-refractivity contribution is 0.0537. The molecule has 2 atom stereocenters. The van der Waals surface area contributed by atoms with E-state index in [4.69, 9.17) is 4.84 Å². The van der Waals surface area contributed by atoms with Crippen LogP contribution in [0, 0.1) is 12.8 Å². The topological polar surface area (TPSA) is 21.6 Å². The second-order valence-corrected chi connectivity index (χ2v) is 4.13. The van der Waals surface area contributed by atoms with Gasteiger partial charge in [0.15, 0.2) is 6.10 Å². The first-order chi connectivity index (χ1) is 6.86. The molecule has 3 rings (SSSR count). The molecule has 15 heavy (non-hydrogen) atoms. The van der Waals surface area contributed by atoms with Gasteiger partial charge in [-0.2, -0.15) is 0 Å². The molecule has 0 N–H and O–H groups in total. The van der Waals surface area contributed by atoms with Gasteiger partial charge in [-0.15, -0.1) is 0 Å². The van der Waals surface area contributed by atoms with Crippen molar-refractivity contribution in [2.45, 2.75) is 33.3 Å². The summed E-state index contributed by atoms with van der Waals surface area (Å²) < 4.78 is 0. The van der Waals surface area contributed by atoms with E-state index in [2.05, 4.69) is 30.3 Å². The Labute approximate surface area is 90.9 Å². The Morgan fingerprint density at radius 3 is 3.13 bits per heavy atom. The first-order valence-corrected chi connectivity index (χ1v) is 5.14. The zero-order valence-corrected chi connectivity index (χ0v) is 8.23. The minimum atomic E-state index is 0. The van der Waals surface area contributed by atoms with E-state index in [1.165, 1.54) is 23.1 Å². The molecule has 1 heterocycles. The number of aryl methyl sites for hydroxylation is 2. The second kappa shape index (κ2) is 3.69. The Hall–Kier alpha value is -1.31. The SMILES string of the molecule is C.Cc1cccc2c1C1ON=CC1CC2. The highest BCUT2D eigenvalue weighted by atomic mass is 16.6. The lowest BCUT2D eigenvalue weighted by atomic mass is 9.80. The van der Waals surface area contributed by atoms with Crippen molar-refractivity contribution in [2.75, 3.05) is 0 Å². The van der Waals surface area contributed by atoms with E-state index in [9.17, 15) is 0 Å². The summed E-state index contributed by atoms with van der Waals surface area (Å²) >= 11 is 0. The van der Waals surface area contributed by atoms with Crippen LogP contribution in [0.25, 0.3) is 0 Å². The number of benzene rings is 1. The molecule has 80 valence electrons. The maximum absolute atomic E-state index is 5.43. The number of fused-ring (bicyclic) bond motifs is 3. The number of nitrogens with zero attached hydrogens (tertiary/aromatic N) is 1. The number of hydrogen-bond acceptors (Lipinski definition) is 2. The van der Waals surface area contributed by atoms with Crippen molar-refractivity contribution >= 4 is 6.21 Å². The fourth-order valence-electron chi connectivity index (χ4n) is 2.52. The van der Waals surface area contributed by atoms with Crippen LogP contribution in [0.1, 0.15) is 36.6 Å². The number of hydrogen-bond donors (Lipinski definition) is 0. The molecule has 2 unspecified atom stereocenters. The van der Waals surface area contributed by atoms with Crippen molar-refractivity contribution in [3.05, 3.63) is 34.9 Å². The van der Waals surface area contributed by atoms with E-state index in [-0.39, 0.29) is 13.5 Å². The van der Waals surface area contributed by atoms with Crippen LogP contribution < -0.4 is 0 Å². The van der Waals surface area contributed by atoms with Gasteiger partial charge in [0.1, 0.15) is 0 Å². The summed E-state index contributed by atoms with van der Waals surface area (Å²) in [4.78, 5) is 5.43. The van der Waals surface area contributed by atoms with Gasteiger partial charge in [-0.25, -0.2) is 0 Å². The fourth-order valence-corrected chi connectivity index (χ4v) is 2.52. The van der Waals surface area contributed by atoms with Crippen LogP contribution in [0.2, 0.25) is 0 Å². The molecule has 0 amide bonds. The molecule has 0 radical (unpaired) electrons. The first kappa shape index (κ1) is 10.2. The molecule has 1 aliphatic heterocycles. The van der Waals surface area contributed by atoms with E-state index in [0.717, 1.165) is 6.42 Å². The highest BCUT2D eigenvalue weighted by Crippen LogP contribution is 2.40. The summed E-state index contributed by atoms with van der Waals surface area (Å²) in [5.74, 6) is 0.503. The normalized spacial score (nSPS) is 26.2. The van der Waals surface area contributed by atoms with Crippen LogP contribution in [0.5, 0.6) is 0 Å². The van der Waals surface area contributed by atoms with Gasteiger partial charge in [-0.1, -0.05) is 30.8 Å². The molecule has 1 aromatic carbocycles. The summed E-state index contributed by atoms with van der Waals surface area (Å²) in [6, 6.07) is 6.49. The molecule has 0 bridgehead atoms. The third-order valence-electron chi connectivity index (χ3n) is 3.26. The van der Waals surface area contributed by atoms with Crippen LogP contribution in [0.3, 0.4) is 0 Å². The molecule has 0 fully saturated rings. The van der Waals surface area contributed by atoms with Crippen molar-refractivity contribution in [2.24, 2.45) is 11.1 Å². The van der Waals surface area contributed by atoms with Crippen molar-refractivity contribution in [1.29, 1.82) is 0 Å². The Morgan fingerprint density at radius 2 is 2.27 bits per heavy atom. The lowest BCUT2D eigenvalue weighted by Gasteiger charge is -2.26. The maximum Gasteiger partial charge on any atom is 0.160 e. The summed E-state index contributed by atoms with van der Waals surface area (Å²) in [5, 5.41) is 3.94. The Bertz CT molecular complexity index is 398. The molecule has 2 nitrogen and oxygen atoms in total. The van der Waals surface area contributed by atoms with Gasteiger partial charge in [0, 0.05) is 11.5 Å². The Morgan fingerprint density at radius 1 is 1.40 bits per heavy atom. The second-order valence-electron chi connectivity index (χ2n) is 4.13. The predicted molar refractivity (Wildman–Crippen MR) is 62.0 cm³/mol. The molecular weight excluding hydrogens is 186 g/mol. The Balaban J connectivity index is 0.000000853. The predicted octanol–water partition coefficient (Wildman–Crippen LogP) is 3.25. The minimum Gasteiger partial charge on any atom is -0.387 e. The average molecular weight is 203 g/mol. The summed E-state index contributed by atoms with van der Waals surface area (Å²) in [5.41, 5.74) is 4.15. The minimum absolute atomic E-state index is 0. The molecule has 1 aromatic rings. The number of oxime groups is 1. The van der Waals surface area contributed by atoms with Gasteiger partial charge in [0.2, 0.25) is 0 Å². The van der Waals surface area contributed by atoms with E-state index in [0.29, 0.717) is 5.92 Å². The van der Waals surface area contributed by atoms with E-state index in [1.807, 2.05) is 6.21 Å². The third-order valence-corrected chi connectivity index (χ3v) is 3.26. The molecular formula is C13H17NO. The maximum atomic E-state index is 5.43. The van der Waals surface area contributed by atoms with Crippen LogP contribution in [-0.4, -0.2) is 6.21 Å². The van der Waals surface area contributed by atoms with Crippen molar-refractivity contribution in [3.8, 4) is 0 Å². The van der Waals surface area contributed by atoms with Crippen molar-refractivity contribution in [3.63, 3.8) is 0 Å². The molecule has 2 aliphatic rings. The van der Waals surface area contributed by atoms with Crippen molar-refractivity contribution in [1.82, 2.24) is 0 Å². The molecule has 0 aromatic heterocycles. The van der Waals surface area contributed by atoms with Crippen LogP contribution in [-0.2, 0) is 11.3 Å². The molecule has 2 heteroatoms. The van der Waals surface area contributed by atoms with E-state index in [1.54, 1.807) is 0 Å². The van der Waals surface area contributed by atoms with Gasteiger partial charge in [-0.3, -0.25) is 0 Å². The molecule has 0 spiro atoms. The molecule has 0 saturated heterocycles. The van der Waals surface area contributed by atoms with Gasteiger partial charge in [-0.05, 0) is 30.9 Å². The lowest BCUT2D eigenvalue weighted by Crippen LogP contribution is -2.19. The monoisotopic (exact) mass is 203 g/mol. The fraction of sp³-hybridized carbons (Fsp3) is 0.462. The Kier molecular flexibility index (Phi) is 2.51. The van der Waals surface area contributed by atoms with E-state index >= 15 is 0 Å².